The first-order valence-electron chi connectivity index (χ1n) is 7.44. The second-order valence-electron chi connectivity index (χ2n) is 6.14. The Morgan fingerprint density at radius 1 is 1.35 bits per heavy atom. The molecule has 110 valence electrons. The normalized spacial score (nSPS) is 25.2. The van der Waals surface area contributed by atoms with Crippen LogP contribution in [0, 0.1) is 0 Å². The van der Waals surface area contributed by atoms with E-state index in [0.29, 0.717) is 0 Å². The van der Waals surface area contributed by atoms with E-state index < -0.39 is 0 Å². The number of methoxy groups -OCH3 is 1. The van der Waals surface area contributed by atoms with Crippen LogP contribution < -0.4 is 15.2 Å². The molecule has 1 aliphatic heterocycles. The van der Waals surface area contributed by atoms with Crippen molar-refractivity contribution >= 4 is 0 Å². The molecule has 0 radical (unpaired) electrons. The van der Waals surface area contributed by atoms with Crippen LogP contribution in [0.15, 0.2) is 18.2 Å². The van der Waals surface area contributed by atoms with Crippen LogP contribution >= 0.6 is 0 Å². The number of rotatable bonds is 4. The Morgan fingerprint density at radius 3 is 2.80 bits per heavy atom. The van der Waals surface area contributed by atoms with Crippen LogP contribution in [0.4, 0.5) is 0 Å². The molecule has 1 atom stereocenters. The summed E-state index contributed by atoms with van der Waals surface area (Å²) in [5, 5.41) is 0. The van der Waals surface area contributed by atoms with Crippen molar-refractivity contribution in [1.29, 1.82) is 0 Å². The maximum atomic E-state index is 6.32. The van der Waals surface area contributed by atoms with E-state index in [0.717, 1.165) is 49.4 Å². The van der Waals surface area contributed by atoms with E-state index in [2.05, 4.69) is 18.0 Å². The second kappa shape index (κ2) is 5.26. The largest absolute Gasteiger partial charge is 0.493 e. The molecule has 2 fully saturated rings. The highest BCUT2D eigenvalue weighted by atomic mass is 16.5. The van der Waals surface area contributed by atoms with Crippen molar-refractivity contribution in [3.8, 4) is 11.5 Å². The minimum absolute atomic E-state index is 0.200. The topological polar surface area (TPSA) is 47.7 Å². The fraction of sp³-hybridized carbons (Fsp3) is 0.625. The van der Waals surface area contributed by atoms with Crippen LogP contribution in [0.25, 0.3) is 0 Å². The fourth-order valence-electron chi connectivity index (χ4n) is 3.01. The standard InChI is InChI=1S/C16H24N2O2/c1-18-10-4-5-12(11-18)20-14-7-3-6-13(15(14)19-2)16(17)8-9-16/h3,6-7,12H,4-5,8-11,17H2,1-2H3. The zero-order valence-corrected chi connectivity index (χ0v) is 12.4. The summed E-state index contributed by atoms with van der Waals surface area (Å²) in [4.78, 5) is 2.32. The van der Waals surface area contributed by atoms with Gasteiger partial charge in [-0.1, -0.05) is 12.1 Å². The molecule has 0 spiro atoms. The van der Waals surface area contributed by atoms with E-state index in [1.165, 1.54) is 6.42 Å². The van der Waals surface area contributed by atoms with Gasteiger partial charge in [-0.05, 0) is 45.3 Å². The van der Waals surface area contributed by atoms with Gasteiger partial charge in [0.1, 0.15) is 6.10 Å². The predicted molar refractivity (Wildman–Crippen MR) is 79.2 cm³/mol. The Bertz CT molecular complexity index is 485. The summed E-state index contributed by atoms with van der Waals surface area (Å²) in [6.07, 6.45) is 4.58. The highest BCUT2D eigenvalue weighted by Crippen LogP contribution is 2.49. The van der Waals surface area contributed by atoms with E-state index >= 15 is 0 Å². The molecule has 4 nitrogen and oxygen atoms in total. The van der Waals surface area contributed by atoms with Crippen molar-refractivity contribution < 1.29 is 9.47 Å². The van der Waals surface area contributed by atoms with Crippen molar-refractivity contribution in [3.63, 3.8) is 0 Å². The monoisotopic (exact) mass is 276 g/mol. The Morgan fingerprint density at radius 2 is 2.15 bits per heavy atom. The van der Waals surface area contributed by atoms with Gasteiger partial charge in [-0.25, -0.2) is 0 Å². The third kappa shape index (κ3) is 2.63. The lowest BCUT2D eigenvalue weighted by Crippen LogP contribution is -2.38. The van der Waals surface area contributed by atoms with Gasteiger partial charge in [0, 0.05) is 17.6 Å². The summed E-state index contributed by atoms with van der Waals surface area (Å²) >= 11 is 0. The first kappa shape index (κ1) is 13.7. The number of nitrogens with zero attached hydrogens (tertiary/aromatic N) is 1. The summed E-state index contributed by atoms with van der Waals surface area (Å²) in [6.45, 7) is 2.13. The number of ether oxygens (including phenoxy) is 2. The molecule has 1 heterocycles. The molecule has 1 aliphatic carbocycles. The third-order valence-corrected chi connectivity index (χ3v) is 4.38. The summed E-state index contributed by atoms with van der Waals surface area (Å²) in [5.74, 6) is 1.66. The van der Waals surface area contributed by atoms with Gasteiger partial charge in [-0.2, -0.15) is 0 Å². The van der Waals surface area contributed by atoms with Gasteiger partial charge in [-0.3, -0.25) is 0 Å². The smallest absolute Gasteiger partial charge is 0.165 e. The first-order valence-corrected chi connectivity index (χ1v) is 7.44. The van der Waals surface area contributed by atoms with Crippen LogP contribution in [-0.2, 0) is 5.54 Å². The van der Waals surface area contributed by atoms with Gasteiger partial charge < -0.3 is 20.1 Å². The third-order valence-electron chi connectivity index (χ3n) is 4.38. The minimum atomic E-state index is -0.200. The quantitative estimate of drug-likeness (QED) is 0.915. The molecule has 3 rings (SSSR count). The van der Waals surface area contributed by atoms with Crippen LogP contribution in [0.3, 0.4) is 0 Å². The molecule has 0 aromatic heterocycles. The number of benzene rings is 1. The highest BCUT2D eigenvalue weighted by molar-refractivity contribution is 5.51. The van der Waals surface area contributed by atoms with Crippen molar-refractivity contribution in [3.05, 3.63) is 23.8 Å². The van der Waals surface area contributed by atoms with Gasteiger partial charge in [0.15, 0.2) is 11.5 Å². The Balaban J connectivity index is 1.82. The van der Waals surface area contributed by atoms with Gasteiger partial charge in [-0.15, -0.1) is 0 Å². The van der Waals surface area contributed by atoms with E-state index in [4.69, 9.17) is 15.2 Å². The molecular weight excluding hydrogens is 252 g/mol. The molecular formula is C16H24N2O2. The molecule has 1 aromatic carbocycles. The Kier molecular flexibility index (Phi) is 3.61. The summed E-state index contributed by atoms with van der Waals surface area (Å²) in [7, 11) is 3.84. The lowest BCUT2D eigenvalue weighted by atomic mass is 10.0. The predicted octanol–water partition coefficient (Wildman–Crippen LogP) is 2.12. The number of piperidine rings is 1. The van der Waals surface area contributed by atoms with Crippen LogP contribution in [0.1, 0.15) is 31.2 Å². The number of nitrogens with two attached hydrogens (primary N) is 1. The molecule has 1 saturated carbocycles. The van der Waals surface area contributed by atoms with Crippen molar-refractivity contribution in [2.45, 2.75) is 37.3 Å². The first-order chi connectivity index (χ1) is 9.62. The van der Waals surface area contributed by atoms with E-state index in [1.807, 2.05) is 12.1 Å². The summed E-state index contributed by atoms with van der Waals surface area (Å²) in [6, 6.07) is 6.07. The van der Waals surface area contributed by atoms with Crippen molar-refractivity contribution in [2.75, 3.05) is 27.2 Å². The molecule has 1 aromatic rings. The zero-order valence-electron chi connectivity index (χ0n) is 12.4. The van der Waals surface area contributed by atoms with Crippen LogP contribution in [-0.4, -0.2) is 38.3 Å². The van der Waals surface area contributed by atoms with E-state index in [-0.39, 0.29) is 11.6 Å². The van der Waals surface area contributed by atoms with Gasteiger partial charge >= 0.3 is 0 Å². The lowest BCUT2D eigenvalue weighted by Gasteiger charge is -2.30. The lowest BCUT2D eigenvalue weighted by molar-refractivity contribution is 0.101. The molecule has 4 heteroatoms. The van der Waals surface area contributed by atoms with Crippen molar-refractivity contribution in [2.24, 2.45) is 5.73 Å². The Hall–Kier alpha value is -1.26. The molecule has 1 unspecified atom stereocenters. The number of para-hydroxylation sites is 1. The summed E-state index contributed by atoms with van der Waals surface area (Å²) in [5.41, 5.74) is 7.21. The van der Waals surface area contributed by atoms with Crippen LogP contribution in [0.2, 0.25) is 0 Å². The van der Waals surface area contributed by atoms with Crippen molar-refractivity contribution in [1.82, 2.24) is 4.90 Å². The van der Waals surface area contributed by atoms with Gasteiger partial charge in [0.2, 0.25) is 0 Å². The number of likely N-dealkylation sites (tertiary alicyclic amines) is 1. The molecule has 20 heavy (non-hydrogen) atoms. The number of hydrogen-bond donors (Lipinski definition) is 1. The summed E-state index contributed by atoms with van der Waals surface area (Å²) < 4.78 is 11.8. The molecule has 0 amide bonds. The highest BCUT2D eigenvalue weighted by Gasteiger charge is 2.43. The molecule has 1 saturated heterocycles. The minimum Gasteiger partial charge on any atom is -0.493 e. The number of likely N-dealkylation sites (N-methyl/N-ethyl adjacent to an activating group) is 1. The Labute approximate surface area is 120 Å². The van der Waals surface area contributed by atoms with E-state index in [1.54, 1.807) is 7.11 Å². The average molecular weight is 276 g/mol. The maximum absolute atomic E-state index is 6.32. The second-order valence-corrected chi connectivity index (χ2v) is 6.14. The maximum Gasteiger partial charge on any atom is 0.165 e. The average Bonchev–Trinajstić information content (AvgIpc) is 3.18. The fourth-order valence-corrected chi connectivity index (χ4v) is 3.01. The van der Waals surface area contributed by atoms with Gasteiger partial charge in [0.05, 0.1) is 7.11 Å². The molecule has 0 bridgehead atoms. The molecule has 2 N–H and O–H groups in total. The molecule has 2 aliphatic rings. The van der Waals surface area contributed by atoms with Gasteiger partial charge in [0.25, 0.3) is 0 Å². The number of hydrogen-bond acceptors (Lipinski definition) is 4. The van der Waals surface area contributed by atoms with Crippen LogP contribution in [0.5, 0.6) is 11.5 Å². The SMILES string of the molecule is COc1c(OC2CCCN(C)C2)cccc1C1(N)CC1. The van der Waals surface area contributed by atoms with E-state index in [9.17, 15) is 0 Å². The zero-order chi connectivity index (χ0) is 14.2.